The maximum absolute atomic E-state index is 14.9. The molecule has 4 rings (SSSR count). The number of carbonyl (C=O) groups is 1. The number of alkyl halides is 3. The molecule has 172 valence electrons. The van der Waals surface area contributed by atoms with Crippen molar-refractivity contribution in [3.63, 3.8) is 0 Å². The second kappa shape index (κ2) is 7.70. The highest BCUT2D eigenvalue weighted by Crippen LogP contribution is 2.54. The second-order valence-electron chi connectivity index (χ2n) is 7.85. The van der Waals surface area contributed by atoms with Gasteiger partial charge in [0.25, 0.3) is 11.9 Å². The third-order valence-electron chi connectivity index (χ3n) is 5.85. The molecule has 0 saturated carbocycles. The number of hydrogen-bond acceptors (Lipinski definition) is 7. The number of rotatable bonds is 3. The van der Waals surface area contributed by atoms with E-state index in [1.807, 2.05) is 6.07 Å². The molecule has 0 unspecified atom stereocenters. The van der Waals surface area contributed by atoms with Gasteiger partial charge in [-0.3, -0.25) is 4.79 Å². The van der Waals surface area contributed by atoms with E-state index in [1.165, 1.54) is 37.4 Å². The molecule has 1 fully saturated rings. The summed E-state index contributed by atoms with van der Waals surface area (Å²) < 4.78 is 67.0. The summed E-state index contributed by atoms with van der Waals surface area (Å²) >= 11 is 0. The average molecular weight is 463 g/mol. The number of amidine groups is 1. The van der Waals surface area contributed by atoms with Gasteiger partial charge in [0.2, 0.25) is 5.60 Å². The summed E-state index contributed by atoms with van der Waals surface area (Å²) in [7, 11) is 0. The number of anilines is 1. The van der Waals surface area contributed by atoms with Crippen molar-refractivity contribution in [3.05, 3.63) is 59.2 Å². The number of nitriles is 1. The molecule has 0 spiro atoms. The summed E-state index contributed by atoms with van der Waals surface area (Å²) in [6, 6.07) is 7.31. The predicted molar refractivity (Wildman–Crippen MR) is 106 cm³/mol. The van der Waals surface area contributed by atoms with Crippen LogP contribution < -0.4 is 11.1 Å². The normalized spacial score (nSPS) is 26.5. The van der Waals surface area contributed by atoms with Crippen molar-refractivity contribution in [2.75, 3.05) is 18.5 Å². The zero-order chi connectivity index (χ0) is 24.0. The Balaban J connectivity index is 1.72. The molecule has 3 heterocycles. The molecule has 33 heavy (non-hydrogen) atoms. The zero-order valence-electron chi connectivity index (χ0n) is 17.1. The third kappa shape index (κ3) is 3.64. The van der Waals surface area contributed by atoms with Gasteiger partial charge in [-0.1, -0.05) is 0 Å². The van der Waals surface area contributed by atoms with Gasteiger partial charge in [0.05, 0.1) is 24.7 Å². The van der Waals surface area contributed by atoms with E-state index in [2.05, 4.69) is 15.3 Å². The first-order valence-electron chi connectivity index (χ1n) is 9.66. The minimum absolute atomic E-state index is 0.0142. The van der Waals surface area contributed by atoms with Crippen molar-refractivity contribution in [3.8, 4) is 6.07 Å². The number of ether oxygens (including phenoxy) is 2. The van der Waals surface area contributed by atoms with Crippen LogP contribution in [0.1, 0.15) is 28.5 Å². The fourth-order valence-electron chi connectivity index (χ4n) is 4.16. The molecule has 3 N–H and O–H groups in total. The number of benzene rings is 1. The highest BCUT2D eigenvalue weighted by atomic mass is 19.4. The van der Waals surface area contributed by atoms with E-state index in [1.54, 1.807) is 0 Å². The number of hydrogen-bond donors (Lipinski definition) is 2. The maximum Gasteiger partial charge on any atom is 0.431 e. The molecule has 1 amide bonds. The van der Waals surface area contributed by atoms with E-state index in [0.29, 0.717) is 0 Å². The van der Waals surface area contributed by atoms with Gasteiger partial charge in [0, 0.05) is 17.4 Å². The SMILES string of the molecule is C[C@]1(c2cc(NC(=O)c3ccc(C#N)cn3)ccc2F)N=C(N)O[C@]2(C(F)(F)F)COC[C@H]12. The van der Waals surface area contributed by atoms with Crippen molar-refractivity contribution in [2.24, 2.45) is 16.6 Å². The van der Waals surface area contributed by atoms with Crippen molar-refractivity contribution >= 4 is 17.6 Å². The van der Waals surface area contributed by atoms with Crippen LogP contribution in [0.4, 0.5) is 23.2 Å². The Hall–Kier alpha value is -3.72. The van der Waals surface area contributed by atoms with Gasteiger partial charge >= 0.3 is 6.18 Å². The number of nitrogens with one attached hydrogen (secondary N) is 1. The lowest BCUT2D eigenvalue weighted by Crippen LogP contribution is -2.63. The number of aliphatic imine (C=N–C) groups is 1. The molecule has 2 aliphatic heterocycles. The lowest BCUT2D eigenvalue weighted by Gasteiger charge is -2.46. The van der Waals surface area contributed by atoms with Gasteiger partial charge in [-0.15, -0.1) is 0 Å². The van der Waals surface area contributed by atoms with E-state index in [0.717, 1.165) is 6.07 Å². The molecule has 12 heteroatoms. The van der Waals surface area contributed by atoms with Crippen LogP contribution in [-0.2, 0) is 15.0 Å². The first-order chi connectivity index (χ1) is 15.5. The molecule has 1 aromatic carbocycles. The maximum atomic E-state index is 14.9. The number of pyridine rings is 1. The minimum Gasteiger partial charge on any atom is -0.446 e. The standard InChI is InChI=1S/C21H17F4N5O3/c1-19(16-9-32-10-20(16,21(23,24)25)33-18(27)30-19)13-6-12(3-4-14(13)22)29-17(31)15-5-2-11(7-26)8-28-15/h2-6,8,16H,9-10H2,1H3,(H2,27,30)(H,29,31)/t16-,19-,20-/m1/s1. The van der Waals surface area contributed by atoms with Crippen molar-refractivity contribution in [1.29, 1.82) is 5.26 Å². The number of fused-ring (bicyclic) bond motifs is 1. The summed E-state index contributed by atoms with van der Waals surface area (Å²) in [6.45, 7) is 0.113. The van der Waals surface area contributed by atoms with E-state index in [-0.39, 0.29) is 22.5 Å². The Labute approximate surface area is 185 Å². The van der Waals surface area contributed by atoms with E-state index in [4.69, 9.17) is 20.5 Å². The molecule has 1 aromatic heterocycles. The van der Waals surface area contributed by atoms with Crippen LogP contribution in [0.5, 0.6) is 0 Å². The molecule has 8 nitrogen and oxygen atoms in total. The van der Waals surface area contributed by atoms with Gasteiger partial charge in [0.15, 0.2) is 0 Å². The topological polar surface area (TPSA) is 123 Å². The lowest BCUT2D eigenvalue weighted by atomic mass is 9.71. The van der Waals surface area contributed by atoms with Crippen LogP contribution in [0.2, 0.25) is 0 Å². The molecule has 0 aliphatic carbocycles. The van der Waals surface area contributed by atoms with Crippen molar-refractivity contribution < 1.29 is 31.8 Å². The average Bonchev–Trinajstić information content (AvgIpc) is 3.21. The number of halogens is 4. The molecule has 0 bridgehead atoms. The number of amides is 1. The van der Waals surface area contributed by atoms with Gasteiger partial charge < -0.3 is 20.5 Å². The van der Waals surface area contributed by atoms with E-state index >= 15 is 0 Å². The molecule has 3 atom stereocenters. The summed E-state index contributed by atoms with van der Waals surface area (Å²) in [5, 5.41) is 11.3. The number of nitrogens with two attached hydrogens (primary N) is 1. The number of carbonyl (C=O) groups excluding carboxylic acids is 1. The largest absolute Gasteiger partial charge is 0.446 e. The highest BCUT2D eigenvalue weighted by Gasteiger charge is 2.71. The molecular formula is C21H17F4N5O3. The van der Waals surface area contributed by atoms with Crippen LogP contribution >= 0.6 is 0 Å². The fourth-order valence-corrected chi connectivity index (χ4v) is 4.16. The lowest BCUT2D eigenvalue weighted by molar-refractivity contribution is -0.274. The van der Waals surface area contributed by atoms with Gasteiger partial charge in [-0.2, -0.15) is 18.4 Å². The summed E-state index contributed by atoms with van der Waals surface area (Å²) in [4.78, 5) is 20.4. The number of nitrogens with zero attached hydrogens (tertiary/aromatic N) is 3. The number of aromatic nitrogens is 1. The van der Waals surface area contributed by atoms with Crippen LogP contribution in [-0.4, -0.2) is 41.9 Å². The summed E-state index contributed by atoms with van der Waals surface area (Å²) in [5.41, 5.74) is 1.14. The van der Waals surface area contributed by atoms with Crippen LogP contribution in [0, 0.1) is 23.1 Å². The predicted octanol–water partition coefficient (Wildman–Crippen LogP) is 2.85. The Morgan fingerprint density at radius 2 is 2.09 bits per heavy atom. The van der Waals surface area contributed by atoms with Gasteiger partial charge in [0.1, 0.15) is 23.1 Å². The van der Waals surface area contributed by atoms with Crippen molar-refractivity contribution in [2.45, 2.75) is 24.2 Å². The second-order valence-corrected chi connectivity index (χ2v) is 7.85. The van der Waals surface area contributed by atoms with Crippen LogP contribution in [0.15, 0.2) is 41.5 Å². The van der Waals surface area contributed by atoms with E-state index in [9.17, 15) is 22.4 Å². The summed E-state index contributed by atoms with van der Waals surface area (Å²) in [5.74, 6) is -2.93. The zero-order valence-corrected chi connectivity index (χ0v) is 17.1. The van der Waals surface area contributed by atoms with Crippen LogP contribution in [0.25, 0.3) is 0 Å². The van der Waals surface area contributed by atoms with Crippen LogP contribution in [0.3, 0.4) is 0 Å². The smallest absolute Gasteiger partial charge is 0.431 e. The Morgan fingerprint density at radius 1 is 1.33 bits per heavy atom. The fraction of sp³-hybridized carbons (Fsp3) is 0.333. The van der Waals surface area contributed by atoms with Gasteiger partial charge in [-0.25, -0.2) is 14.4 Å². The molecule has 2 aromatic rings. The Bertz CT molecular complexity index is 1180. The quantitative estimate of drug-likeness (QED) is 0.675. The third-order valence-corrected chi connectivity index (χ3v) is 5.85. The Kier molecular flexibility index (Phi) is 5.24. The minimum atomic E-state index is -4.86. The van der Waals surface area contributed by atoms with Crippen molar-refractivity contribution in [1.82, 2.24) is 4.98 Å². The van der Waals surface area contributed by atoms with E-state index < -0.39 is 54.2 Å². The molecule has 2 aliphatic rings. The van der Waals surface area contributed by atoms with Gasteiger partial charge in [-0.05, 0) is 37.3 Å². The Morgan fingerprint density at radius 3 is 2.73 bits per heavy atom. The first kappa shape index (κ1) is 22.5. The molecule has 0 radical (unpaired) electrons. The first-order valence-corrected chi connectivity index (χ1v) is 9.66. The molecular weight excluding hydrogens is 446 g/mol. The monoisotopic (exact) mass is 463 g/mol. The highest BCUT2D eigenvalue weighted by molar-refractivity contribution is 6.02. The molecule has 1 saturated heterocycles. The summed E-state index contributed by atoms with van der Waals surface area (Å²) in [6.07, 6.45) is -3.65.